The van der Waals surface area contributed by atoms with Crippen molar-refractivity contribution in [2.24, 2.45) is 5.73 Å². The van der Waals surface area contributed by atoms with Gasteiger partial charge >= 0.3 is 0 Å². The Kier molecular flexibility index (Phi) is 8.04. The third-order valence-electron chi connectivity index (χ3n) is 2.29. The summed E-state index contributed by atoms with van der Waals surface area (Å²) in [6.07, 6.45) is 2.71. The van der Waals surface area contributed by atoms with Gasteiger partial charge in [0.25, 0.3) is 0 Å². The molecule has 5 heteroatoms. The molecule has 0 aromatic heterocycles. The average molecular weight is 275 g/mol. The van der Waals surface area contributed by atoms with Crippen LogP contribution in [0.5, 0.6) is 0 Å². The number of benzene rings is 1. The molecule has 3 nitrogen and oxygen atoms in total. The zero-order chi connectivity index (χ0) is 12.0. The van der Waals surface area contributed by atoms with E-state index in [4.69, 9.17) is 5.73 Å². The summed E-state index contributed by atoms with van der Waals surface area (Å²) in [5, 5.41) is 2.80. The smallest absolute Gasteiger partial charge is 0.241 e. The fraction of sp³-hybridized carbons (Fsp3) is 0.417. The van der Waals surface area contributed by atoms with E-state index in [9.17, 15) is 4.79 Å². The average Bonchev–Trinajstić information content (AvgIpc) is 2.29. The van der Waals surface area contributed by atoms with Crippen molar-refractivity contribution in [3.05, 3.63) is 29.8 Å². The maximum absolute atomic E-state index is 11.7. The van der Waals surface area contributed by atoms with E-state index >= 15 is 0 Å². The molecular formula is C12H19ClN2OS. The van der Waals surface area contributed by atoms with Crippen LogP contribution in [0, 0.1) is 6.92 Å². The summed E-state index contributed by atoms with van der Waals surface area (Å²) in [7, 11) is 0. The van der Waals surface area contributed by atoms with Gasteiger partial charge in [0.1, 0.15) is 0 Å². The Balaban J connectivity index is 0.00000256. The van der Waals surface area contributed by atoms with Crippen molar-refractivity contribution in [2.45, 2.75) is 19.4 Å². The Labute approximate surface area is 113 Å². The van der Waals surface area contributed by atoms with Gasteiger partial charge in [-0.15, -0.1) is 12.4 Å². The van der Waals surface area contributed by atoms with Crippen LogP contribution in [0.2, 0.25) is 0 Å². The summed E-state index contributed by atoms with van der Waals surface area (Å²) in [6.45, 7) is 2.01. The molecule has 3 N–H and O–H groups in total. The van der Waals surface area contributed by atoms with E-state index in [1.165, 1.54) is 5.56 Å². The maximum Gasteiger partial charge on any atom is 0.241 e. The SMILES string of the molecule is CSCCC(N)C(=O)Nc1ccc(C)cc1.Cl. The molecule has 0 spiro atoms. The van der Waals surface area contributed by atoms with E-state index in [2.05, 4.69) is 5.32 Å². The van der Waals surface area contributed by atoms with Crippen molar-refractivity contribution >= 4 is 35.8 Å². The molecule has 0 aliphatic rings. The number of carbonyl (C=O) groups is 1. The van der Waals surface area contributed by atoms with E-state index in [1.807, 2.05) is 37.4 Å². The minimum absolute atomic E-state index is 0. The first-order valence-corrected chi connectivity index (χ1v) is 6.65. The van der Waals surface area contributed by atoms with Crippen molar-refractivity contribution in [2.75, 3.05) is 17.3 Å². The molecule has 17 heavy (non-hydrogen) atoms. The van der Waals surface area contributed by atoms with Gasteiger partial charge in [-0.3, -0.25) is 4.79 Å². The molecule has 1 amide bonds. The quantitative estimate of drug-likeness (QED) is 0.867. The van der Waals surface area contributed by atoms with E-state index < -0.39 is 6.04 Å². The highest BCUT2D eigenvalue weighted by atomic mass is 35.5. The molecule has 0 radical (unpaired) electrons. The van der Waals surface area contributed by atoms with E-state index in [1.54, 1.807) is 11.8 Å². The Morgan fingerprint density at radius 1 is 1.41 bits per heavy atom. The zero-order valence-corrected chi connectivity index (χ0v) is 11.7. The van der Waals surface area contributed by atoms with Gasteiger partial charge in [0.2, 0.25) is 5.91 Å². The first-order valence-electron chi connectivity index (χ1n) is 5.25. The van der Waals surface area contributed by atoms with Gasteiger partial charge < -0.3 is 11.1 Å². The molecule has 0 aliphatic heterocycles. The number of halogens is 1. The minimum atomic E-state index is -0.422. The summed E-state index contributed by atoms with van der Waals surface area (Å²) >= 11 is 1.70. The van der Waals surface area contributed by atoms with Crippen molar-refractivity contribution in [1.29, 1.82) is 0 Å². The van der Waals surface area contributed by atoms with Gasteiger partial charge in [0.15, 0.2) is 0 Å². The number of rotatable bonds is 5. The largest absolute Gasteiger partial charge is 0.325 e. The number of amides is 1. The lowest BCUT2D eigenvalue weighted by molar-refractivity contribution is -0.117. The molecule has 0 bridgehead atoms. The number of nitrogens with two attached hydrogens (primary N) is 1. The van der Waals surface area contributed by atoms with Crippen molar-refractivity contribution in [1.82, 2.24) is 0 Å². The maximum atomic E-state index is 11.7. The molecular weight excluding hydrogens is 256 g/mol. The number of thioether (sulfide) groups is 1. The van der Waals surface area contributed by atoms with Crippen LogP contribution in [0.3, 0.4) is 0 Å². The molecule has 0 saturated carbocycles. The first kappa shape index (κ1) is 16.3. The van der Waals surface area contributed by atoms with E-state index in [0.29, 0.717) is 6.42 Å². The second kappa shape index (κ2) is 8.39. The second-order valence-corrected chi connectivity index (χ2v) is 4.73. The van der Waals surface area contributed by atoms with Gasteiger partial charge in [-0.1, -0.05) is 17.7 Å². The highest BCUT2D eigenvalue weighted by molar-refractivity contribution is 7.98. The summed E-state index contributed by atoms with van der Waals surface area (Å²) in [4.78, 5) is 11.7. The third kappa shape index (κ3) is 5.96. The molecule has 1 unspecified atom stereocenters. The van der Waals surface area contributed by atoms with E-state index in [-0.39, 0.29) is 18.3 Å². The van der Waals surface area contributed by atoms with Gasteiger partial charge in [-0.2, -0.15) is 11.8 Å². The van der Waals surface area contributed by atoms with Crippen LogP contribution in [0.4, 0.5) is 5.69 Å². The van der Waals surface area contributed by atoms with Crippen LogP contribution in [0.25, 0.3) is 0 Å². The number of aryl methyl sites for hydroxylation is 1. The Morgan fingerprint density at radius 3 is 2.53 bits per heavy atom. The fourth-order valence-corrected chi connectivity index (χ4v) is 1.74. The topological polar surface area (TPSA) is 55.1 Å². The molecule has 96 valence electrons. The van der Waals surface area contributed by atoms with Crippen LogP contribution in [0.15, 0.2) is 24.3 Å². The van der Waals surface area contributed by atoms with Crippen molar-refractivity contribution < 1.29 is 4.79 Å². The van der Waals surface area contributed by atoms with Crippen LogP contribution >= 0.6 is 24.2 Å². The molecule has 1 aromatic rings. The van der Waals surface area contributed by atoms with Crippen LogP contribution in [-0.4, -0.2) is 24.0 Å². The first-order chi connectivity index (χ1) is 7.63. The highest BCUT2D eigenvalue weighted by Gasteiger charge is 2.12. The molecule has 1 rings (SSSR count). The zero-order valence-electron chi connectivity index (χ0n) is 10.1. The molecule has 0 fully saturated rings. The lowest BCUT2D eigenvalue weighted by atomic mass is 10.2. The number of anilines is 1. The fourth-order valence-electron chi connectivity index (χ4n) is 1.25. The summed E-state index contributed by atoms with van der Waals surface area (Å²) in [5.74, 6) is 0.792. The molecule has 1 atom stereocenters. The Hall–Kier alpha value is -0.710. The standard InChI is InChI=1S/C12H18N2OS.ClH/c1-9-3-5-10(6-4-9)14-12(15)11(13)7-8-16-2;/h3-6,11H,7-8,13H2,1-2H3,(H,14,15);1H. The van der Waals surface area contributed by atoms with Crippen molar-refractivity contribution in [3.8, 4) is 0 Å². The Morgan fingerprint density at radius 2 is 2.00 bits per heavy atom. The summed E-state index contributed by atoms with van der Waals surface area (Å²) in [6, 6.07) is 7.27. The summed E-state index contributed by atoms with van der Waals surface area (Å²) < 4.78 is 0. The molecule has 0 saturated heterocycles. The summed E-state index contributed by atoms with van der Waals surface area (Å²) in [5.41, 5.74) is 7.73. The van der Waals surface area contributed by atoms with Crippen LogP contribution < -0.4 is 11.1 Å². The number of hydrogen-bond acceptors (Lipinski definition) is 3. The lowest BCUT2D eigenvalue weighted by Crippen LogP contribution is -2.36. The lowest BCUT2D eigenvalue weighted by Gasteiger charge is -2.11. The second-order valence-electron chi connectivity index (χ2n) is 3.74. The highest BCUT2D eigenvalue weighted by Crippen LogP contribution is 2.09. The normalized spacial score (nSPS) is 11.5. The predicted octanol–water partition coefficient (Wildman–Crippen LogP) is 2.44. The van der Waals surface area contributed by atoms with E-state index in [0.717, 1.165) is 11.4 Å². The van der Waals surface area contributed by atoms with Crippen LogP contribution in [-0.2, 0) is 4.79 Å². The minimum Gasteiger partial charge on any atom is -0.325 e. The molecule has 0 heterocycles. The van der Waals surface area contributed by atoms with Crippen LogP contribution in [0.1, 0.15) is 12.0 Å². The number of hydrogen-bond donors (Lipinski definition) is 2. The van der Waals surface area contributed by atoms with Gasteiger partial charge in [-0.25, -0.2) is 0 Å². The van der Waals surface area contributed by atoms with Gasteiger partial charge in [0.05, 0.1) is 6.04 Å². The third-order valence-corrected chi connectivity index (χ3v) is 2.93. The van der Waals surface area contributed by atoms with Crippen molar-refractivity contribution in [3.63, 3.8) is 0 Å². The number of nitrogens with one attached hydrogen (secondary N) is 1. The number of carbonyl (C=O) groups excluding carboxylic acids is 1. The monoisotopic (exact) mass is 274 g/mol. The predicted molar refractivity (Wildman–Crippen MR) is 78.0 cm³/mol. The van der Waals surface area contributed by atoms with Gasteiger partial charge in [0, 0.05) is 5.69 Å². The Bertz CT molecular complexity index is 343. The molecule has 1 aromatic carbocycles. The molecule has 0 aliphatic carbocycles. The van der Waals surface area contributed by atoms with Gasteiger partial charge in [-0.05, 0) is 37.5 Å².